The maximum absolute atomic E-state index is 11.4. The van der Waals surface area contributed by atoms with E-state index in [0.717, 1.165) is 6.26 Å². The van der Waals surface area contributed by atoms with Gasteiger partial charge in [0.05, 0.1) is 18.1 Å². The van der Waals surface area contributed by atoms with Gasteiger partial charge in [0.2, 0.25) is 5.88 Å². The standard InChI is InChI=1S/C18H18Cl3NO5S/c1-28(23,24)16-3-4-18(22-12-16)27-7-2-6-25-14-9-13(19)10-15(11-14)26-8-5-17(20)21/h3-5,9-12H,2,6-8H2,1H3. The molecule has 0 aliphatic carbocycles. The summed E-state index contributed by atoms with van der Waals surface area (Å²) in [5.74, 6) is 1.43. The van der Waals surface area contributed by atoms with Crippen molar-refractivity contribution >= 4 is 44.6 Å². The van der Waals surface area contributed by atoms with E-state index in [1.165, 1.54) is 24.4 Å². The van der Waals surface area contributed by atoms with Crippen LogP contribution in [-0.4, -0.2) is 39.5 Å². The van der Waals surface area contributed by atoms with Crippen LogP contribution in [0.5, 0.6) is 17.4 Å². The first-order valence-electron chi connectivity index (χ1n) is 8.10. The lowest BCUT2D eigenvalue weighted by Gasteiger charge is -2.10. The zero-order valence-corrected chi connectivity index (χ0v) is 18.0. The van der Waals surface area contributed by atoms with Crippen LogP contribution in [0, 0.1) is 0 Å². The monoisotopic (exact) mass is 465 g/mol. The van der Waals surface area contributed by atoms with Crippen LogP contribution in [0.2, 0.25) is 5.02 Å². The molecule has 10 heteroatoms. The third kappa shape index (κ3) is 8.14. The molecule has 28 heavy (non-hydrogen) atoms. The van der Waals surface area contributed by atoms with Gasteiger partial charge in [0, 0.05) is 36.0 Å². The molecule has 0 radical (unpaired) electrons. The number of nitrogens with zero attached hydrogens (tertiary/aromatic N) is 1. The van der Waals surface area contributed by atoms with Gasteiger partial charge in [-0.15, -0.1) is 0 Å². The number of ether oxygens (including phenoxy) is 3. The second-order valence-electron chi connectivity index (χ2n) is 5.58. The smallest absolute Gasteiger partial charge is 0.213 e. The molecule has 0 aliphatic rings. The SMILES string of the molecule is CS(=O)(=O)c1ccc(OCCCOc2cc(Cl)cc(OCC=C(Cl)Cl)c2)nc1. The minimum Gasteiger partial charge on any atom is -0.493 e. The normalized spacial score (nSPS) is 11.0. The second-order valence-corrected chi connectivity index (χ2v) is 9.04. The minimum absolute atomic E-state index is 0.124. The number of hydrogen-bond acceptors (Lipinski definition) is 6. The molecule has 0 saturated carbocycles. The first kappa shape index (κ1) is 22.6. The lowest BCUT2D eigenvalue weighted by Crippen LogP contribution is -2.06. The molecular weight excluding hydrogens is 449 g/mol. The molecule has 2 aromatic rings. The van der Waals surface area contributed by atoms with E-state index in [2.05, 4.69) is 4.98 Å². The zero-order valence-electron chi connectivity index (χ0n) is 14.9. The number of aromatic nitrogens is 1. The van der Waals surface area contributed by atoms with Crippen LogP contribution >= 0.6 is 34.8 Å². The summed E-state index contributed by atoms with van der Waals surface area (Å²) < 4.78 is 39.5. The number of hydrogen-bond donors (Lipinski definition) is 0. The minimum atomic E-state index is -3.27. The molecule has 0 spiro atoms. The predicted molar refractivity (Wildman–Crippen MR) is 110 cm³/mol. The molecule has 0 fully saturated rings. The highest BCUT2D eigenvalue weighted by Gasteiger charge is 2.07. The van der Waals surface area contributed by atoms with E-state index in [0.29, 0.717) is 42.0 Å². The third-order valence-electron chi connectivity index (χ3n) is 3.28. The maximum Gasteiger partial charge on any atom is 0.213 e. The van der Waals surface area contributed by atoms with E-state index in [4.69, 9.17) is 49.0 Å². The van der Waals surface area contributed by atoms with Gasteiger partial charge in [-0.25, -0.2) is 13.4 Å². The predicted octanol–water partition coefficient (Wildman–Crippen LogP) is 4.68. The highest BCUT2D eigenvalue weighted by atomic mass is 35.5. The Balaban J connectivity index is 1.77. The Kier molecular flexibility index (Phi) is 8.69. The fraction of sp³-hybridized carbons (Fsp3) is 0.278. The van der Waals surface area contributed by atoms with Gasteiger partial charge in [0.15, 0.2) is 9.84 Å². The third-order valence-corrected chi connectivity index (χ3v) is 4.90. The van der Waals surface area contributed by atoms with Gasteiger partial charge in [-0.05, 0) is 24.3 Å². The molecule has 152 valence electrons. The average molecular weight is 467 g/mol. The molecule has 1 aromatic heterocycles. The van der Waals surface area contributed by atoms with E-state index in [1.54, 1.807) is 18.2 Å². The van der Waals surface area contributed by atoms with Crippen molar-refractivity contribution in [1.29, 1.82) is 0 Å². The number of rotatable bonds is 10. The maximum atomic E-state index is 11.4. The molecular formula is C18H18Cl3NO5S. The molecule has 0 atom stereocenters. The lowest BCUT2D eigenvalue weighted by molar-refractivity contribution is 0.241. The summed E-state index contributed by atoms with van der Waals surface area (Å²) in [4.78, 5) is 4.11. The Bertz CT molecular complexity index is 913. The van der Waals surface area contributed by atoms with Gasteiger partial charge in [-0.3, -0.25) is 0 Å². The highest BCUT2D eigenvalue weighted by molar-refractivity contribution is 7.90. The molecule has 0 N–H and O–H groups in total. The summed E-state index contributed by atoms with van der Waals surface area (Å²) in [6, 6.07) is 7.99. The summed E-state index contributed by atoms with van der Waals surface area (Å²) >= 11 is 17.1. The molecule has 0 bridgehead atoms. The first-order chi connectivity index (χ1) is 13.2. The van der Waals surface area contributed by atoms with Crippen molar-refractivity contribution < 1.29 is 22.6 Å². The Morgan fingerprint density at radius 1 is 1.07 bits per heavy atom. The Hall–Kier alpha value is -1.67. The quantitative estimate of drug-likeness (QED) is 0.473. The molecule has 2 rings (SSSR count). The van der Waals surface area contributed by atoms with E-state index >= 15 is 0 Å². The molecule has 1 aromatic carbocycles. The van der Waals surface area contributed by atoms with Gasteiger partial charge in [-0.2, -0.15) is 0 Å². The van der Waals surface area contributed by atoms with Crippen LogP contribution in [0.15, 0.2) is 52.0 Å². The number of benzene rings is 1. The Labute approximate surface area is 178 Å². The van der Waals surface area contributed by atoms with Crippen molar-refractivity contribution in [2.75, 3.05) is 26.1 Å². The van der Waals surface area contributed by atoms with Crippen LogP contribution in [0.4, 0.5) is 0 Å². The van der Waals surface area contributed by atoms with Gasteiger partial charge in [-0.1, -0.05) is 34.8 Å². The number of sulfone groups is 1. The van der Waals surface area contributed by atoms with Gasteiger partial charge in [0.1, 0.15) is 22.6 Å². The number of pyridine rings is 1. The van der Waals surface area contributed by atoms with E-state index < -0.39 is 9.84 Å². The highest BCUT2D eigenvalue weighted by Crippen LogP contribution is 2.26. The van der Waals surface area contributed by atoms with Crippen LogP contribution in [0.25, 0.3) is 0 Å². The summed E-state index contributed by atoms with van der Waals surface area (Å²) in [6.07, 6.45) is 4.49. The molecule has 0 saturated heterocycles. The van der Waals surface area contributed by atoms with Gasteiger partial charge >= 0.3 is 0 Å². The van der Waals surface area contributed by atoms with Gasteiger partial charge < -0.3 is 14.2 Å². The molecule has 0 amide bonds. The van der Waals surface area contributed by atoms with Crippen molar-refractivity contribution in [3.8, 4) is 17.4 Å². The summed E-state index contributed by atoms with van der Waals surface area (Å²) in [6.45, 7) is 0.948. The van der Waals surface area contributed by atoms with Crippen LogP contribution < -0.4 is 14.2 Å². The number of halogens is 3. The topological polar surface area (TPSA) is 74.7 Å². The molecule has 0 unspecified atom stereocenters. The first-order valence-corrected chi connectivity index (χ1v) is 11.1. The van der Waals surface area contributed by atoms with Crippen molar-refractivity contribution in [2.45, 2.75) is 11.3 Å². The fourth-order valence-corrected chi connectivity index (χ4v) is 2.90. The zero-order chi connectivity index (χ0) is 20.6. The summed E-state index contributed by atoms with van der Waals surface area (Å²) in [5.41, 5.74) is 0. The van der Waals surface area contributed by atoms with Crippen LogP contribution in [0.1, 0.15) is 6.42 Å². The fourth-order valence-electron chi connectivity index (χ4n) is 2.00. The average Bonchev–Trinajstić information content (AvgIpc) is 2.60. The summed E-state index contributed by atoms with van der Waals surface area (Å²) in [5, 5.41) is 0.472. The van der Waals surface area contributed by atoms with Gasteiger partial charge in [0.25, 0.3) is 0 Å². The van der Waals surface area contributed by atoms with Crippen LogP contribution in [-0.2, 0) is 9.84 Å². The lowest BCUT2D eigenvalue weighted by atomic mass is 10.3. The Morgan fingerprint density at radius 2 is 1.75 bits per heavy atom. The van der Waals surface area contributed by atoms with Crippen LogP contribution in [0.3, 0.4) is 0 Å². The van der Waals surface area contributed by atoms with E-state index in [1.807, 2.05) is 0 Å². The van der Waals surface area contributed by atoms with Crippen molar-refractivity contribution in [3.05, 3.63) is 52.1 Å². The van der Waals surface area contributed by atoms with Crippen molar-refractivity contribution in [2.24, 2.45) is 0 Å². The summed E-state index contributed by atoms with van der Waals surface area (Å²) in [7, 11) is -3.27. The molecule has 0 aliphatic heterocycles. The van der Waals surface area contributed by atoms with E-state index in [9.17, 15) is 8.42 Å². The largest absolute Gasteiger partial charge is 0.493 e. The van der Waals surface area contributed by atoms with E-state index in [-0.39, 0.29) is 16.0 Å². The molecule has 1 heterocycles. The Morgan fingerprint density at radius 3 is 2.36 bits per heavy atom. The second kappa shape index (κ2) is 10.8. The van der Waals surface area contributed by atoms with Crippen molar-refractivity contribution in [1.82, 2.24) is 4.98 Å². The molecule has 6 nitrogen and oxygen atoms in total. The van der Waals surface area contributed by atoms with Crippen molar-refractivity contribution in [3.63, 3.8) is 0 Å².